The number of nitrogens with zero attached hydrogens (tertiary/aromatic N) is 1. The number of benzene rings is 2. The van der Waals surface area contributed by atoms with Crippen LogP contribution in [0.1, 0.15) is 26.3 Å². The van der Waals surface area contributed by atoms with Crippen LogP contribution in [0.5, 0.6) is 0 Å². The van der Waals surface area contributed by atoms with E-state index in [0.29, 0.717) is 0 Å². The van der Waals surface area contributed by atoms with E-state index >= 15 is 0 Å². The first kappa shape index (κ1) is 12.0. The SMILES string of the molecule is CC(C)(C)c1ccc(-c2noc3ccccc23)cc1. The number of para-hydroxylation sites is 1. The zero-order chi connectivity index (χ0) is 13.5. The summed E-state index contributed by atoms with van der Waals surface area (Å²) in [5.41, 5.74) is 4.33. The summed E-state index contributed by atoms with van der Waals surface area (Å²) in [7, 11) is 0. The van der Waals surface area contributed by atoms with Gasteiger partial charge in [0.15, 0.2) is 5.58 Å². The Kier molecular flexibility index (Phi) is 2.67. The van der Waals surface area contributed by atoms with Gasteiger partial charge in [0.1, 0.15) is 5.69 Å². The lowest BCUT2D eigenvalue weighted by Gasteiger charge is -2.18. The topological polar surface area (TPSA) is 26.0 Å². The van der Waals surface area contributed by atoms with Crippen molar-refractivity contribution in [3.8, 4) is 11.3 Å². The highest BCUT2D eigenvalue weighted by molar-refractivity contribution is 5.91. The van der Waals surface area contributed by atoms with Gasteiger partial charge in [-0.25, -0.2) is 0 Å². The highest BCUT2D eigenvalue weighted by Crippen LogP contribution is 2.30. The maximum Gasteiger partial charge on any atom is 0.167 e. The lowest BCUT2D eigenvalue weighted by Crippen LogP contribution is -2.10. The maximum absolute atomic E-state index is 5.35. The Balaban J connectivity index is 2.07. The molecule has 1 aromatic heterocycles. The summed E-state index contributed by atoms with van der Waals surface area (Å²) in [5, 5.41) is 5.24. The van der Waals surface area contributed by atoms with Crippen LogP contribution in [0.4, 0.5) is 0 Å². The summed E-state index contributed by atoms with van der Waals surface area (Å²) < 4.78 is 5.35. The molecule has 0 aliphatic carbocycles. The molecular formula is C17H17NO. The van der Waals surface area contributed by atoms with Gasteiger partial charge < -0.3 is 4.52 Å². The van der Waals surface area contributed by atoms with E-state index in [4.69, 9.17) is 4.52 Å². The van der Waals surface area contributed by atoms with E-state index in [1.165, 1.54) is 5.56 Å². The third-order valence-corrected chi connectivity index (χ3v) is 3.40. The smallest absolute Gasteiger partial charge is 0.167 e. The van der Waals surface area contributed by atoms with Crippen LogP contribution in [0, 0.1) is 0 Å². The summed E-state index contributed by atoms with van der Waals surface area (Å²) in [5.74, 6) is 0. The molecule has 0 amide bonds. The lowest BCUT2D eigenvalue weighted by molar-refractivity contribution is 0.459. The first-order valence-corrected chi connectivity index (χ1v) is 6.51. The molecule has 0 saturated heterocycles. The van der Waals surface area contributed by atoms with E-state index in [-0.39, 0.29) is 5.41 Å². The molecule has 3 aromatic rings. The summed E-state index contributed by atoms with van der Waals surface area (Å²) in [6.45, 7) is 6.65. The Morgan fingerprint density at radius 1 is 0.895 bits per heavy atom. The average Bonchev–Trinajstić information content (AvgIpc) is 2.82. The van der Waals surface area contributed by atoms with Crippen LogP contribution in [0.2, 0.25) is 0 Å². The van der Waals surface area contributed by atoms with Crippen molar-refractivity contribution in [2.45, 2.75) is 26.2 Å². The van der Waals surface area contributed by atoms with E-state index in [2.05, 4.69) is 50.2 Å². The van der Waals surface area contributed by atoms with Crippen molar-refractivity contribution in [3.63, 3.8) is 0 Å². The van der Waals surface area contributed by atoms with Gasteiger partial charge in [-0.05, 0) is 23.1 Å². The zero-order valence-electron chi connectivity index (χ0n) is 11.5. The summed E-state index contributed by atoms with van der Waals surface area (Å²) in [6.07, 6.45) is 0. The minimum atomic E-state index is 0.171. The molecule has 1 heterocycles. The fourth-order valence-electron chi connectivity index (χ4n) is 2.22. The van der Waals surface area contributed by atoms with Gasteiger partial charge in [-0.2, -0.15) is 0 Å². The highest BCUT2D eigenvalue weighted by Gasteiger charge is 2.14. The Morgan fingerprint density at radius 3 is 2.26 bits per heavy atom. The second-order valence-electron chi connectivity index (χ2n) is 5.85. The highest BCUT2D eigenvalue weighted by atomic mass is 16.5. The minimum Gasteiger partial charge on any atom is -0.356 e. The van der Waals surface area contributed by atoms with E-state index in [1.54, 1.807) is 0 Å². The normalized spacial score (nSPS) is 11.9. The fraction of sp³-hybridized carbons (Fsp3) is 0.235. The van der Waals surface area contributed by atoms with Crippen molar-refractivity contribution < 1.29 is 4.52 Å². The second kappa shape index (κ2) is 4.23. The van der Waals surface area contributed by atoms with Crippen LogP contribution in [0.15, 0.2) is 53.1 Å². The van der Waals surface area contributed by atoms with Crippen molar-refractivity contribution >= 4 is 11.0 Å². The van der Waals surface area contributed by atoms with Crippen LogP contribution < -0.4 is 0 Å². The van der Waals surface area contributed by atoms with Crippen molar-refractivity contribution in [2.75, 3.05) is 0 Å². The Labute approximate surface area is 113 Å². The predicted octanol–water partition coefficient (Wildman–Crippen LogP) is 4.79. The molecule has 0 radical (unpaired) electrons. The van der Waals surface area contributed by atoms with Gasteiger partial charge in [0.05, 0.1) is 0 Å². The molecule has 0 saturated carbocycles. The number of hydrogen-bond acceptors (Lipinski definition) is 2. The Morgan fingerprint density at radius 2 is 1.58 bits per heavy atom. The Hall–Kier alpha value is -2.09. The molecule has 2 heteroatoms. The molecule has 3 rings (SSSR count). The monoisotopic (exact) mass is 251 g/mol. The average molecular weight is 251 g/mol. The van der Waals surface area contributed by atoms with Gasteiger partial charge >= 0.3 is 0 Å². The van der Waals surface area contributed by atoms with E-state index in [1.807, 2.05) is 24.3 Å². The third-order valence-electron chi connectivity index (χ3n) is 3.40. The van der Waals surface area contributed by atoms with Crippen molar-refractivity contribution in [1.29, 1.82) is 0 Å². The lowest BCUT2D eigenvalue weighted by atomic mass is 9.86. The van der Waals surface area contributed by atoms with Crippen LogP contribution in [0.3, 0.4) is 0 Å². The molecule has 96 valence electrons. The largest absolute Gasteiger partial charge is 0.356 e. The number of hydrogen-bond donors (Lipinski definition) is 0. The van der Waals surface area contributed by atoms with Gasteiger partial charge in [0, 0.05) is 10.9 Å². The van der Waals surface area contributed by atoms with E-state index < -0.39 is 0 Å². The molecule has 2 nitrogen and oxygen atoms in total. The van der Waals surface area contributed by atoms with Crippen molar-refractivity contribution in [3.05, 3.63) is 54.1 Å². The van der Waals surface area contributed by atoms with Crippen molar-refractivity contribution in [1.82, 2.24) is 5.16 Å². The molecular weight excluding hydrogens is 234 g/mol. The number of rotatable bonds is 1. The summed E-state index contributed by atoms with van der Waals surface area (Å²) >= 11 is 0. The molecule has 0 aliphatic heterocycles. The summed E-state index contributed by atoms with van der Waals surface area (Å²) in [4.78, 5) is 0. The molecule has 0 spiro atoms. The van der Waals surface area contributed by atoms with Gasteiger partial charge in [0.2, 0.25) is 0 Å². The van der Waals surface area contributed by atoms with Crippen LogP contribution in [-0.4, -0.2) is 5.16 Å². The van der Waals surface area contributed by atoms with Gasteiger partial charge in [-0.3, -0.25) is 0 Å². The van der Waals surface area contributed by atoms with Gasteiger partial charge in [-0.1, -0.05) is 62.3 Å². The molecule has 0 fully saturated rings. The van der Waals surface area contributed by atoms with E-state index in [9.17, 15) is 0 Å². The van der Waals surface area contributed by atoms with Gasteiger partial charge in [0.25, 0.3) is 0 Å². The van der Waals surface area contributed by atoms with Crippen LogP contribution >= 0.6 is 0 Å². The first-order chi connectivity index (χ1) is 9.05. The molecule has 0 aliphatic rings. The number of aromatic nitrogens is 1. The predicted molar refractivity (Wildman–Crippen MR) is 78.1 cm³/mol. The van der Waals surface area contributed by atoms with E-state index in [0.717, 1.165) is 22.2 Å². The standard InChI is InChI=1S/C17H17NO/c1-17(2,3)13-10-8-12(9-11-13)16-14-6-4-5-7-15(14)19-18-16/h4-11H,1-3H3. The molecule has 19 heavy (non-hydrogen) atoms. The second-order valence-corrected chi connectivity index (χ2v) is 5.85. The zero-order valence-corrected chi connectivity index (χ0v) is 11.5. The molecule has 2 aromatic carbocycles. The minimum absolute atomic E-state index is 0.171. The van der Waals surface area contributed by atoms with Gasteiger partial charge in [-0.15, -0.1) is 0 Å². The fourth-order valence-corrected chi connectivity index (χ4v) is 2.22. The summed E-state index contributed by atoms with van der Waals surface area (Å²) in [6, 6.07) is 16.5. The van der Waals surface area contributed by atoms with Crippen LogP contribution in [0.25, 0.3) is 22.2 Å². The first-order valence-electron chi connectivity index (χ1n) is 6.51. The quantitative estimate of drug-likeness (QED) is 0.621. The maximum atomic E-state index is 5.35. The molecule has 0 N–H and O–H groups in total. The number of fused-ring (bicyclic) bond motifs is 1. The molecule has 0 atom stereocenters. The van der Waals surface area contributed by atoms with Crippen LogP contribution in [-0.2, 0) is 5.41 Å². The third kappa shape index (κ3) is 2.14. The van der Waals surface area contributed by atoms with Crippen molar-refractivity contribution in [2.24, 2.45) is 0 Å². The Bertz CT molecular complexity index is 702. The molecule has 0 bridgehead atoms. The molecule has 0 unspecified atom stereocenters.